The van der Waals surface area contributed by atoms with Crippen molar-refractivity contribution in [2.75, 3.05) is 7.11 Å². The Hall–Kier alpha value is -3.36. The van der Waals surface area contributed by atoms with Crippen LogP contribution in [0.5, 0.6) is 11.5 Å². The number of hydrogen-bond acceptors (Lipinski definition) is 7. The number of rotatable bonds is 9. The van der Waals surface area contributed by atoms with Gasteiger partial charge in [-0.15, -0.1) is 10.2 Å². The molecule has 0 aliphatic heterocycles. The minimum Gasteiger partial charge on any atom is -0.508 e. The van der Waals surface area contributed by atoms with E-state index in [4.69, 9.17) is 4.74 Å². The summed E-state index contributed by atoms with van der Waals surface area (Å²) < 4.78 is 7.22. The fourth-order valence-electron chi connectivity index (χ4n) is 3.69. The van der Waals surface area contributed by atoms with Crippen LogP contribution in [0.15, 0.2) is 66.1 Å². The highest BCUT2D eigenvalue weighted by Crippen LogP contribution is 2.38. The molecule has 34 heavy (non-hydrogen) atoms. The van der Waals surface area contributed by atoms with Gasteiger partial charge in [0.1, 0.15) is 11.5 Å². The number of nitrogens with zero attached hydrogens (tertiary/aromatic N) is 4. The van der Waals surface area contributed by atoms with E-state index in [0.29, 0.717) is 30.3 Å². The van der Waals surface area contributed by atoms with Crippen molar-refractivity contribution in [1.82, 2.24) is 19.7 Å². The predicted molar refractivity (Wildman–Crippen MR) is 133 cm³/mol. The normalized spacial score (nSPS) is 11.3. The average Bonchev–Trinajstić information content (AvgIpc) is 3.21. The summed E-state index contributed by atoms with van der Waals surface area (Å²) in [5.41, 5.74) is 4.54. The summed E-state index contributed by atoms with van der Waals surface area (Å²) in [5.74, 6) is 1.37. The van der Waals surface area contributed by atoms with Gasteiger partial charge in [0.25, 0.3) is 0 Å². The molecule has 0 saturated carbocycles. The van der Waals surface area contributed by atoms with Crippen molar-refractivity contribution in [3.8, 4) is 22.9 Å². The topological polar surface area (TPSA) is 93.3 Å². The summed E-state index contributed by atoms with van der Waals surface area (Å²) in [6.45, 7) is 5.08. The number of aromatic nitrogens is 4. The van der Waals surface area contributed by atoms with Gasteiger partial charge in [-0.1, -0.05) is 55.9 Å². The van der Waals surface area contributed by atoms with E-state index in [1.54, 1.807) is 31.1 Å². The van der Waals surface area contributed by atoms with Crippen molar-refractivity contribution in [1.29, 1.82) is 0 Å². The van der Waals surface area contributed by atoms with Gasteiger partial charge in [-0.25, -0.2) is 0 Å². The van der Waals surface area contributed by atoms with Crippen LogP contribution in [-0.2, 0) is 23.6 Å². The third-order valence-electron chi connectivity index (χ3n) is 5.49. The summed E-state index contributed by atoms with van der Waals surface area (Å²) in [7, 11) is 1.68. The van der Waals surface area contributed by atoms with Gasteiger partial charge in [-0.05, 0) is 40.3 Å². The quantitative estimate of drug-likeness (QED) is 0.314. The van der Waals surface area contributed by atoms with Crippen LogP contribution in [0, 0.1) is 0 Å². The zero-order chi connectivity index (χ0) is 24.1. The third kappa shape index (κ3) is 5.40. The van der Waals surface area contributed by atoms with Gasteiger partial charge in [-0.3, -0.25) is 9.55 Å². The molecule has 8 heteroatoms. The van der Waals surface area contributed by atoms with Crippen molar-refractivity contribution in [3.05, 3.63) is 83.2 Å². The lowest BCUT2D eigenvalue weighted by Gasteiger charge is -2.15. The van der Waals surface area contributed by atoms with E-state index in [1.165, 1.54) is 6.07 Å². The number of pyridine rings is 1. The number of phenols is 2. The van der Waals surface area contributed by atoms with Crippen molar-refractivity contribution in [2.45, 2.75) is 43.8 Å². The first-order valence-corrected chi connectivity index (χ1v) is 12.0. The molecular weight excluding hydrogens is 448 g/mol. The van der Waals surface area contributed by atoms with E-state index in [2.05, 4.69) is 27.3 Å². The largest absolute Gasteiger partial charge is 0.508 e. The van der Waals surface area contributed by atoms with E-state index < -0.39 is 0 Å². The van der Waals surface area contributed by atoms with Gasteiger partial charge in [0.05, 0.1) is 18.7 Å². The molecule has 0 unspecified atom stereocenters. The molecule has 0 atom stereocenters. The molecule has 0 aliphatic carbocycles. The average molecular weight is 477 g/mol. The Morgan fingerprint density at radius 3 is 2.41 bits per heavy atom. The second-order valence-corrected chi connectivity index (χ2v) is 9.32. The maximum absolute atomic E-state index is 10.7. The Morgan fingerprint density at radius 1 is 0.971 bits per heavy atom. The number of aromatic hydroxyl groups is 2. The Morgan fingerprint density at radius 2 is 1.74 bits per heavy atom. The highest BCUT2D eigenvalue weighted by molar-refractivity contribution is 7.98. The zero-order valence-electron chi connectivity index (χ0n) is 19.5. The fraction of sp³-hybridized carbons (Fsp3) is 0.269. The third-order valence-corrected chi connectivity index (χ3v) is 6.53. The van der Waals surface area contributed by atoms with Gasteiger partial charge < -0.3 is 14.9 Å². The monoisotopic (exact) mass is 476 g/mol. The molecule has 176 valence electrons. The predicted octanol–water partition coefficient (Wildman–Crippen LogP) is 5.36. The zero-order valence-corrected chi connectivity index (χ0v) is 20.3. The van der Waals surface area contributed by atoms with Gasteiger partial charge in [-0.2, -0.15) is 0 Å². The van der Waals surface area contributed by atoms with E-state index in [-0.39, 0.29) is 17.4 Å². The van der Waals surface area contributed by atoms with E-state index >= 15 is 0 Å². The smallest absolute Gasteiger partial charge is 0.192 e. The van der Waals surface area contributed by atoms with Gasteiger partial charge >= 0.3 is 0 Å². The van der Waals surface area contributed by atoms with Crippen molar-refractivity contribution >= 4 is 11.8 Å². The molecule has 0 spiro atoms. The van der Waals surface area contributed by atoms with E-state index in [0.717, 1.165) is 27.4 Å². The molecule has 2 heterocycles. The molecule has 0 amide bonds. The fourth-order valence-corrected chi connectivity index (χ4v) is 4.57. The number of methoxy groups -OCH3 is 1. The summed E-state index contributed by atoms with van der Waals surface area (Å²) in [5, 5.41) is 30.6. The van der Waals surface area contributed by atoms with E-state index in [1.807, 2.05) is 48.9 Å². The van der Waals surface area contributed by atoms with Crippen LogP contribution in [0.3, 0.4) is 0 Å². The van der Waals surface area contributed by atoms with Gasteiger partial charge in [0.15, 0.2) is 11.0 Å². The van der Waals surface area contributed by atoms with Gasteiger partial charge in [0.2, 0.25) is 0 Å². The minimum absolute atomic E-state index is 0.0326. The van der Waals surface area contributed by atoms with Crippen molar-refractivity contribution < 1.29 is 14.9 Å². The Bertz CT molecular complexity index is 1240. The maximum Gasteiger partial charge on any atom is 0.192 e. The molecule has 2 aromatic carbocycles. The Balaban J connectivity index is 1.73. The first kappa shape index (κ1) is 23.8. The maximum atomic E-state index is 10.7. The van der Waals surface area contributed by atoms with Crippen molar-refractivity contribution in [3.63, 3.8) is 0 Å². The molecule has 0 aliphatic rings. The summed E-state index contributed by atoms with van der Waals surface area (Å²) in [6.07, 6.45) is 3.59. The number of hydrogen-bond donors (Lipinski definition) is 2. The molecule has 0 fully saturated rings. The molecular formula is C26H28N4O3S. The number of ether oxygens (including phenoxy) is 1. The lowest BCUT2D eigenvalue weighted by atomic mass is 9.98. The first-order chi connectivity index (χ1) is 16.5. The summed E-state index contributed by atoms with van der Waals surface area (Å²) >= 11 is 1.56. The van der Waals surface area contributed by atoms with Crippen LogP contribution < -0.4 is 0 Å². The summed E-state index contributed by atoms with van der Waals surface area (Å²) in [4.78, 5) is 4.19. The molecule has 0 bridgehead atoms. The molecule has 0 saturated heterocycles. The molecule has 4 aromatic rings. The number of phenolic OH excluding ortho intramolecular Hbond substituents is 2. The Labute approximate surface area is 203 Å². The molecule has 7 nitrogen and oxygen atoms in total. The highest BCUT2D eigenvalue weighted by atomic mass is 32.2. The number of benzene rings is 2. The number of thioether (sulfide) groups is 1. The first-order valence-electron chi connectivity index (χ1n) is 11.0. The standard InChI is InChI=1S/C26H28N4O3S/c1-17(2)21-11-22(24(32)12-23(21)31)25-28-29-26(34-16-20-5-4-10-27-13-20)30(25)14-18-6-8-19(9-7-18)15-33-3/h4-13,17,31-32H,14-16H2,1-3H3. The lowest BCUT2D eigenvalue weighted by molar-refractivity contribution is 0.185. The molecule has 0 radical (unpaired) electrons. The molecule has 4 rings (SSSR count). The molecule has 2 N–H and O–H groups in total. The highest BCUT2D eigenvalue weighted by Gasteiger charge is 2.20. The van der Waals surface area contributed by atoms with Crippen LogP contribution in [-0.4, -0.2) is 37.1 Å². The van der Waals surface area contributed by atoms with Gasteiger partial charge in [0, 0.05) is 31.3 Å². The van der Waals surface area contributed by atoms with E-state index in [9.17, 15) is 10.2 Å². The van der Waals surface area contributed by atoms with Crippen molar-refractivity contribution in [2.24, 2.45) is 0 Å². The summed E-state index contributed by atoms with van der Waals surface area (Å²) in [6, 6.07) is 15.3. The van der Waals surface area contributed by atoms with Crippen LogP contribution >= 0.6 is 11.8 Å². The van der Waals surface area contributed by atoms with Crippen LogP contribution in [0.1, 0.15) is 42.0 Å². The Kier molecular flexibility index (Phi) is 7.49. The lowest BCUT2D eigenvalue weighted by Crippen LogP contribution is -2.05. The van der Waals surface area contributed by atoms with Crippen LogP contribution in [0.25, 0.3) is 11.4 Å². The second-order valence-electron chi connectivity index (χ2n) is 8.37. The SMILES string of the molecule is COCc1ccc(Cn2c(SCc3cccnc3)nnc2-c2cc(C(C)C)c(O)cc2O)cc1. The molecule has 2 aromatic heterocycles. The van der Waals surface area contributed by atoms with Crippen LogP contribution in [0.4, 0.5) is 0 Å². The second kappa shape index (κ2) is 10.7. The minimum atomic E-state index is -0.0326. The van der Waals surface area contributed by atoms with Crippen LogP contribution in [0.2, 0.25) is 0 Å².